The minimum atomic E-state index is -2.98. The number of halogens is 4. The van der Waals surface area contributed by atoms with Gasteiger partial charge in [0.15, 0.2) is 0 Å². The third-order valence-corrected chi connectivity index (χ3v) is 6.26. The van der Waals surface area contributed by atoms with Gasteiger partial charge in [0.1, 0.15) is 22.7 Å². The zero-order chi connectivity index (χ0) is 40.1. The SMILES string of the molecule is CC(C)(C)OC(=O)Nc1cccc(C#Cc2ccc(OC(F)F)cc2)c1.CC(C)(C)OC(=O)Nc1cccc(C(=O)C(=O)c2ccc(OC(F)F)cc2)c1. The first-order valence-electron chi connectivity index (χ1n) is 16.2. The van der Waals surface area contributed by atoms with E-state index in [9.17, 15) is 36.7 Å². The van der Waals surface area contributed by atoms with Crippen molar-refractivity contribution in [2.45, 2.75) is 66.0 Å². The second-order valence-electron chi connectivity index (χ2n) is 13.1. The van der Waals surface area contributed by atoms with Crippen LogP contribution in [0.3, 0.4) is 0 Å². The maximum absolute atomic E-state index is 12.4. The number of carbonyl (C=O) groups excluding carboxylic acids is 4. The van der Waals surface area contributed by atoms with E-state index in [0.29, 0.717) is 16.8 Å². The number of hydrogen-bond acceptors (Lipinski definition) is 8. The number of Topliss-reactive ketones (excluding diaryl/α,β-unsaturated/α-hetero) is 2. The summed E-state index contributed by atoms with van der Waals surface area (Å²) in [5.74, 6) is 4.20. The second kappa shape index (κ2) is 18.9. The lowest BCUT2D eigenvalue weighted by atomic mass is 10.0. The van der Waals surface area contributed by atoms with Gasteiger partial charge in [0.25, 0.3) is 0 Å². The average molecular weight is 751 g/mol. The highest BCUT2D eigenvalue weighted by Crippen LogP contribution is 2.20. The van der Waals surface area contributed by atoms with Crippen molar-refractivity contribution in [3.05, 3.63) is 119 Å². The lowest BCUT2D eigenvalue weighted by Gasteiger charge is -2.19. The average Bonchev–Trinajstić information content (AvgIpc) is 3.06. The van der Waals surface area contributed by atoms with Gasteiger partial charge in [-0.05, 0) is 120 Å². The molecule has 0 saturated heterocycles. The number of alkyl halides is 4. The van der Waals surface area contributed by atoms with Crippen LogP contribution >= 0.6 is 0 Å². The Morgan fingerprint density at radius 1 is 0.537 bits per heavy atom. The van der Waals surface area contributed by atoms with Crippen LogP contribution in [-0.4, -0.2) is 48.2 Å². The second-order valence-corrected chi connectivity index (χ2v) is 13.1. The van der Waals surface area contributed by atoms with Gasteiger partial charge in [-0.15, -0.1) is 0 Å². The molecule has 14 heteroatoms. The Labute approximate surface area is 309 Å². The lowest BCUT2D eigenvalue weighted by molar-refractivity contribution is -0.0505. The van der Waals surface area contributed by atoms with Crippen LogP contribution in [0.4, 0.5) is 38.5 Å². The molecular weight excluding hydrogens is 712 g/mol. The Balaban J connectivity index is 0.000000291. The van der Waals surface area contributed by atoms with Gasteiger partial charge in [-0.1, -0.05) is 30.0 Å². The molecule has 0 bridgehead atoms. The molecule has 2 amide bonds. The summed E-state index contributed by atoms with van der Waals surface area (Å²) in [6.45, 7) is 4.65. The maximum atomic E-state index is 12.4. The fourth-order valence-electron chi connectivity index (χ4n) is 4.17. The molecule has 0 radical (unpaired) electrons. The van der Waals surface area contributed by atoms with E-state index in [0.717, 1.165) is 0 Å². The minimum absolute atomic E-state index is 0.0251. The third kappa shape index (κ3) is 15.5. The predicted molar refractivity (Wildman–Crippen MR) is 193 cm³/mol. The molecule has 0 atom stereocenters. The van der Waals surface area contributed by atoms with Crippen LogP contribution in [0.1, 0.15) is 73.4 Å². The van der Waals surface area contributed by atoms with E-state index >= 15 is 0 Å². The molecule has 10 nitrogen and oxygen atoms in total. The quantitative estimate of drug-likeness (QED) is 0.0749. The van der Waals surface area contributed by atoms with Crippen LogP contribution in [0, 0.1) is 11.8 Å². The van der Waals surface area contributed by atoms with Crippen LogP contribution < -0.4 is 20.1 Å². The molecule has 4 aromatic carbocycles. The summed E-state index contributed by atoms with van der Waals surface area (Å²) in [6.07, 6.45) is -1.24. The molecule has 2 N–H and O–H groups in total. The molecule has 0 unspecified atom stereocenters. The molecule has 4 rings (SSSR count). The summed E-state index contributed by atoms with van der Waals surface area (Å²) >= 11 is 0. The molecule has 0 aromatic heterocycles. The Morgan fingerprint density at radius 3 is 1.44 bits per heavy atom. The Kier molecular flexibility index (Phi) is 14.7. The van der Waals surface area contributed by atoms with Crippen LogP contribution in [0.15, 0.2) is 97.1 Å². The largest absolute Gasteiger partial charge is 0.444 e. The standard InChI is InChI=1S/C20H19F2NO5.C20H19F2NO3/c1-20(2,3)28-19(26)23-14-6-4-5-13(11-14)17(25)16(24)12-7-9-15(10-8-12)27-18(21)22;1-20(2,3)26-19(24)23-16-6-4-5-15(13-16)8-7-14-9-11-17(12-10-14)25-18(21)22/h4-11,18H,1-3H3,(H,23,26);4-6,9-13,18H,1-3H3,(H,23,24). The van der Waals surface area contributed by atoms with E-state index in [-0.39, 0.29) is 28.3 Å². The molecular formula is C40H38F4N2O8. The fraction of sp³-hybridized carbons (Fsp3) is 0.250. The van der Waals surface area contributed by atoms with E-state index in [2.05, 4.69) is 31.9 Å². The van der Waals surface area contributed by atoms with E-state index in [1.54, 1.807) is 84.0 Å². The van der Waals surface area contributed by atoms with Gasteiger partial charge in [-0.2, -0.15) is 17.6 Å². The molecule has 0 aliphatic carbocycles. The van der Waals surface area contributed by atoms with Crippen LogP contribution in [-0.2, 0) is 9.47 Å². The molecule has 0 saturated carbocycles. The normalized spacial score (nSPS) is 10.9. The molecule has 4 aromatic rings. The minimum Gasteiger partial charge on any atom is -0.444 e. The van der Waals surface area contributed by atoms with E-state index in [1.807, 2.05) is 0 Å². The number of nitrogens with one attached hydrogen (secondary N) is 2. The topological polar surface area (TPSA) is 129 Å². The predicted octanol–water partition coefficient (Wildman–Crippen LogP) is 9.74. The summed E-state index contributed by atoms with van der Waals surface area (Å²) in [6, 6.07) is 23.6. The van der Waals surface area contributed by atoms with Crippen molar-refractivity contribution in [3.63, 3.8) is 0 Å². The van der Waals surface area contributed by atoms with Gasteiger partial charge >= 0.3 is 25.4 Å². The number of anilines is 2. The molecule has 0 heterocycles. The van der Waals surface area contributed by atoms with Gasteiger partial charge in [-0.25, -0.2) is 9.59 Å². The third-order valence-electron chi connectivity index (χ3n) is 6.26. The summed E-state index contributed by atoms with van der Waals surface area (Å²) in [5, 5.41) is 5.13. The van der Waals surface area contributed by atoms with Crippen molar-refractivity contribution in [1.82, 2.24) is 0 Å². The van der Waals surface area contributed by atoms with E-state index in [4.69, 9.17) is 9.47 Å². The van der Waals surface area contributed by atoms with E-state index in [1.165, 1.54) is 54.6 Å². The van der Waals surface area contributed by atoms with Crippen LogP contribution in [0.2, 0.25) is 0 Å². The van der Waals surface area contributed by atoms with Crippen molar-refractivity contribution in [2.75, 3.05) is 10.6 Å². The summed E-state index contributed by atoms with van der Waals surface area (Å²) in [5.41, 5.74) is 1.00. The van der Waals surface area contributed by atoms with Crippen molar-refractivity contribution >= 4 is 35.1 Å². The highest BCUT2D eigenvalue weighted by Gasteiger charge is 2.21. The van der Waals surface area contributed by atoms with Gasteiger partial charge in [0.05, 0.1) is 0 Å². The van der Waals surface area contributed by atoms with Crippen LogP contribution in [0.25, 0.3) is 0 Å². The number of amides is 2. The fourth-order valence-corrected chi connectivity index (χ4v) is 4.17. The zero-order valence-electron chi connectivity index (χ0n) is 30.2. The number of carbonyl (C=O) groups is 4. The monoisotopic (exact) mass is 750 g/mol. The molecule has 0 spiro atoms. The highest BCUT2D eigenvalue weighted by molar-refractivity contribution is 6.49. The number of rotatable bonds is 9. The molecule has 0 fully saturated rings. The Hall–Kier alpha value is -6.36. The van der Waals surface area contributed by atoms with E-state index < -0.39 is 48.2 Å². The number of benzene rings is 4. The Morgan fingerprint density at radius 2 is 0.963 bits per heavy atom. The number of ether oxygens (including phenoxy) is 4. The highest BCUT2D eigenvalue weighted by atomic mass is 19.3. The first kappa shape index (κ1) is 42.1. The van der Waals surface area contributed by atoms with Gasteiger partial charge in [0.2, 0.25) is 11.6 Å². The van der Waals surface area contributed by atoms with Crippen LogP contribution in [0.5, 0.6) is 11.5 Å². The maximum Gasteiger partial charge on any atom is 0.412 e. The number of hydrogen-bond donors (Lipinski definition) is 2. The van der Waals surface area contributed by atoms with Gasteiger partial charge < -0.3 is 18.9 Å². The molecule has 0 aliphatic heterocycles. The van der Waals surface area contributed by atoms with Crippen molar-refractivity contribution in [3.8, 4) is 23.3 Å². The first-order valence-corrected chi connectivity index (χ1v) is 16.2. The lowest BCUT2D eigenvalue weighted by Crippen LogP contribution is -2.27. The van der Waals surface area contributed by atoms with Crippen molar-refractivity contribution < 1.29 is 55.7 Å². The summed E-state index contributed by atoms with van der Waals surface area (Å²) in [4.78, 5) is 48.4. The molecule has 284 valence electrons. The summed E-state index contributed by atoms with van der Waals surface area (Å²) in [7, 11) is 0. The Bertz CT molecular complexity index is 1980. The van der Waals surface area contributed by atoms with Gasteiger partial charge in [-0.3, -0.25) is 20.2 Å². The zero-order valence-corrected chi connectivity index (χ0v) is 30.2. The number of ketones is 2. The molecule has 54 heavy (non-hydrogen) atoms. The molecule has 0 aliphatic rings. The smallest absolute Gasteiger partial charge is 0.412 e. The summed E-state index contributed by atoms with van der Waals surface area (Å²) < 4.78 is 67.4. The first-order chi connectivity index (χ1) is 25.3. The van der Waals surface area contributed by atoms with Crippen molar-refractivity contribution in [2.24, 2.45) is 0 Å². The van der Waals surface area contributed by atoms with Crippen molar-refractivity contribution in [1.29, 1.82) is 0 Å². The van der Waals surface area contributed by atoms with Gasteiger partial charge in [0, 0.05) is 33.6 Å².